The lowest BCUT2D eigenvalue weighted by atomic mass is 10.1. The molecular weight excluding hydrogens is 500 g/mol. The molecule has 8 bridgehead atoms. The predicted octanol–water partition coefficient (Wildman–Crippen LogP) is 7.34. The number of halogens is 4. The van der Waals surface area contributed by atoms with Gasteiger partial charge in [0.05, 0.1) is 35.0 Å². The second kappa shape index (κ2) is 10.9. The first-order valence-electron chi connectivity index (χ1n) is 12.2. The number of alkyl halides is 4. The van der Waals surface area contributed by atoms with Gasteiger partial charge in [-0.05, 0) is 74.5 Å². The van der Waals surface area contributed by atoms with Crippen molar-refractivity contribution in [2.24, 2.45) is 0 Å². The number of aromatic nitrogens is 4. The van der Waals surface area contributed by atoms with E-state index < -0.39 is 38.3 Å². The third-order valence-corrected chi connectivity index (χ3v) is 6.18. The molecule has 0 fully saturated rings. The van der Waals surface area contributed by atoms with Gasteiger partial charge in [0, 0.05) is 33.2 Å². The van der Waals surface area contributed by atoms with Gasteiger partial charge in [0.25, 0.3) is 12.9 Å². The average molecular weight is 527 g/mol. The highest BCUT2D eigenvalue weighted by molar-refractivity contribution is 5.79. The number of nitrogens with one attached hydrogen (secondary N) is 2. The number of H-pyrrole nitrogens is 2. The van der Waals surface area contributed by atoms with Gasteiger partial charge >= 0.3 is 0 Å². The first-order valence-corrected chi connectivity index (χ1v) is 12.2. The highest BCUT2D eigenvalue weighted by Gasteiger charge is 2.16. The Bertz CT molecular complexity index is 1540. The molecule has 2 unspecified atom stereocenters. The first-order chi connectivity index (χ1) is 18.2. The summed E-state index contributed by atoms with van der Waals surface area (Å²) in [5.41, 5.74) is 6.91. The van der Waals surface area contributed by atoms with E-state index in [-0.39, 0.29) is 0 Å². The van der Waals surface area contributed by atoms with Gasteiger partial charge in [-0.2, -0.15) is 0 Å². The third kappa shape index (κ3) is 6.03. The maximum Gasteiger partial charge on any atom is 0.261 e. The zero-order chi connectivity index (χ0) is 26.8. The highest BCUT2D eigenvalue weighted by atomic mass is 19.3. The lowest BCUT2D eigenvalue weighted by Gasteiger charge is -2.11. The van der Waals surface area contributed by atoms with Crippen molar-refractivity contribution < 1.29 is 27.0 Å². The van der Waals surface area contributed by atoms with E-state index in [2.05, 4.69) is 19.9 Å². The number of hydrogen-bond acceptors (Lipinski definition) is 4. The van der Waals surface area contributed by atoms with E-state index in [1.54, 1.807) is 13.8 Å². The van der Waals surface area contributed by atoms with Gasteiger partial charge < -0.3 is 19.4 Å². The SMILES string of the molecule is CC(OCC(F)F)c1cc2cc3[nH]c(cc4nc(cc5nc(cc1[nH]2)C=C5)C=C4)cc3C(C)OCC(F)F. The molecule has 0 radical (unpaired) electrons. The summed E-state index contributed by atoms with van der Waals surface area (Å²) >= 11 is 0. The molecule has 198 valence electrons. The topological polar surface area (TPSA) is 75.8 Å². The van der Waals surface area contributed by atoms with Crippen molar-refractivity contribution in [2.45, 2.75) is 38.9 Å². The predicted molar refractivity (Wildman–Crippen MR) is 140 cm³/mol. The molecule has 0 amide bonds. The zero-order valence-electron chi connectivity index (χ0n) is 20.7. The van der Waals surface area contributed by atoms with E-state index in [0.717, 1.165) is 22.6 Å². The number of fused-ring (bicyclic) bond motifs is 8. The van der Waals surface area contributed by atoms with Crippen LogP contribution in [0.4, 0.5) is 17.6 Å². The van der Waals surface area contributed by atoms with Gasteiger partial charge in [0.15, 0.2) is 0 Å². The fraction of sp³-hybridized carbons (Fsp3) is 0.286. The van der Waals surface area contributed by atoms with Crippen LogP contribution in [-0.2, 0) is 9.47 Å². The van der Waals surface area contributed by atoms with Crippen LogP contribution in [0, 0.1) is 0 Å². The van der Waals surface area contributed by atoms with Gasteiger partial charge in [0.1, 0.15) is 13.2 Å². The molecule has 0 spiro atoms. The smallest absolute Gasteiger partial charge is 0.261 e. The Labute approximate surface area is 216 Å². The lowest BCUT2D eigenvalue weighted by molar-refractivity contribution is -0.0176. The van der Waals surface area contributed by atoms with Crippen molar-refractivity contribution in [2.75, 3.05) is 13.2 Å². The van der Waals surface area contributed by atoms with E-state index >= 15 is 0 Å². The van der Waals surface area contributed by atoms with Crippen molar-refractivity contribution in [3.05, 3.63) is 70.3 Å². The van der Waals surface area contributed by atoms with Crippen molar-refractivity contribution in [3.63, 3.8) is 0 Å². The summed E-state index contributed by atoms with van der Waals surface area (Å²) in [6.07, 6.45) is 1.07. The van der Waals surface area contributed by atoms with Crippen LogP contribution in [0.2, 0.25) is 0 Å². The van der Waals surface area contributed by atoms with Crippen LogP contribution in [0.3, 0.4) is 0 Å². The number of rotatable bonds is 8. The van der Waals surface area contributed by atoms with E-state index in [1.165, 1.54) is 0 Å². The molecule has 2 aliphatic heterocycles. The fourth-order valence-electron chi connectivity index (χ4n) is 4.42. The van der Waals surface area contributed by atoms with Crippen molar-refractivity contribution in [3.8, 4) is 0 Å². The monoisotopic (exact) mass is 526 g/mol. The summed E-state index contributed by atoms with van der Waals surface area (Å²) in [6, 6.07) is 11.0. The van der Waals surface area contributed by atoms with E-state index in [1.807, 2.05) is 60.7 Å². The molecule has 0 saturated carbocycles. The second-order valence-corrected chi connectivity index (χ2v) is 9.09. The Kier molecular flexibility index (Phi) is 7.44. The van der Waals surface area contributed by atoms with Crippen LogP contribution in [0.5, 0.6) is 0 Å². The maximum absolute atomic E-state index is 12.8. The minimum absolute atomic E-state index is 0.618. The Balaban J connectivity index is 1.73. The molecule has 3 aromatic heterocycles. The molecule has 6 nitrogen and oxygen atoms in total. The largest absolute Gasteiger partial charge is 0.368 e. The molecule has 0 saturated heterocycles. The number of nitrogens with zero attached hydrogens (tertiary/aromatic N) is 2. The van der Waals surface area contributed by atoms with Gasteiger partial charge in [-0.1, -0.05) is 0 Å². The summed E-state index contributed by atoms with van der Waals surface area (Å²) in [6.45, 7) is 2.04. The molecule has 5 heterocycles. The number of hydrogen-bond donors (Lipinski definition) is 2. The van der Waals surface area contributed by atoms with Gasteiger partial charge in [0.2, 0.25) is 0 Å². The molecule has 10 heteroatoms. The van der Waals surface area contributed by atoms with Crippen LogP contribution < -0.4 is 0 Å². The summed E-state index contributed by atoms with van der Waals surface area (Å²) in [7, 11) is 0. The molecule has 3 aromatic rings. The van der Waals surface area contributed by atoms with Gasteiger partial charge in [-0.3, -0.25) is 0 Å². The molecular formula is C28H26F4N4O2. The van der Waals surface area contributed by atoms with E-state index in [9.17, 15) is 17.6 Å². The van der Waals surface area contributed by atoms with E-state index in [4.69, 9.17) is 9.47 Å². The molecule has 38 heavy (non-hydrogen) atoms. The van der Waals surface area contributed by atoms with Crippen molar-refractivity contribution >= 4 is 46.4 Å². The molecule has 2 N–H and O–H groups in total. The Morgan fingerprint density at radius 2 is 1.03 bits per heavy atom. The van der Waals surface area contributed by atoms with Crippen LogP contribution in [0.1, 0.15) is 60.0 Å². The molecule has 0 aromatic carbocycles. The lowest BCUT2D eigenvalue weighted by Crippen LogP contribution is -2.07. The standard InChI is InChI=1S/C28H26F4N4O2/c1-15(37-13-27(29)30)23-9-21-8-19-4-3-17(33-19)7-18-5-6-20(34-18)11-25-24(16(2)38-14-28(31)32)10-22(36-25)12-26(23)35-21/h3-12,15-16,27-28,35-36H,13-14H2,1-2H3. The van der Waals surface area contributed by atoms with Crippen LogP contribution in [0.15, 0.2) is 36.4 Å². The third-order valence-electron chi connectivity index (χ3n) is 6.18. The van der Waals surface area contributed by atoms with E-state index in [0.29, 0.717) is 33.4 Å². The highest BCUT2D eigenvalue weighted by Crippen LogP contribution is 2.29. The normalized spacial score (nSPS) is 14.5. The number of ether oxygens (including phenoxy) is 2. The van der Waals surface area contributed by atoms with Crippen LogP contribution >= 0.6 is 0 Å². The minimum atomic E-state index is -2.59. The van der Waals surface area contributed by atoms with Gasteiger partial charge in [-0.15, -0.1) is 0 Å². The van der Waals surface area contributed by atoms with Crippen molar-refractivity contribution in [1.29, 1.82) is 0 Å². The molecule has 2 aliphatic rings. The van der Waals surface area contributed by atoms with Crippen LogP contribution in [0.25, 0.3) is 46.4 Å². The summed E-state index contributed by atoms with van der Waals surface area (Å²) < 4.78 is 62.1. The van der Waals surface area contributed by atoms with Crippen molar-refractivity contribution in [1.82, 2.24) is 19.9 Å². The Hall–Kier alpha value is -3.76. The molecule has 0 aliphatic carbocycles. The second-order valence-electron chi connectivity index (χ2n) is 9.09. The molecule has 2 atom stereocenters. The van der Waals surface area contributed by atoms with Gasteiger partial charge in [-0.25, -0.2) is 27.5 Å². The summed E-state index contributed by atoms with van der Waals surface area (Å²) in [4.78, 5) is 15.9. The molecule has 5 rings (SSSR count). The summed E-state index contributed by atoms with van der Waals surface area (Å²) in [5.74, 6) is 0. The maximum atomic E-state index is 12.8. The fourth-order valence-corrected chi connectivity index (χ4v) is 4.42. The summed E-state index contributed by atoms with van der Waals surface area (Å²) in [5, 5.41) is 0. The quantitative estimate of drug-likeness (QED) is 0.208. The Morgan fingerprint density at radius 1 is 0.605 bits per heavy atom. The Morgan fingerprint density at radius 3 is 1.53 bits per heavy atom. The zero-order valence-corrected chi connectivity index (χ0v) is 20.7. The number of aromatic amines is 2. The first kappa shape index (κ1) is 25.9. The minimum Gasteiger partial charge on any atom is -0.368 e. The van der Waals surface area contributed by atoms with Crippen LogP contribution in [-0.4, -0.2) is 46.0 Å². The average Bonchev–Trinajstić information content (AvgIpc) is 3.65.